The van der Waals surface area contributed by atoms with E-state index in [1.54, 1.807) is 24.0 Å². The first-order chi connectivity index (χ1) is 12.1. The normalized spacial score (nSPS) is 24.1. The maximum atomic E-state index is 12.4. The van der Waals surface area contributed by atoms with Gasteiger partial charge in [-0.25, -0.2) is 9.78 Å². The molecule has 0 atom stereocenters. The van der Waals surface area contributed by atoms with Crippen LogP contribution in [-0.4, -0.2) is 64.1 Å². The number of hydrogen-bond donors (Lipinski definition) is 0. The predicted molar refractivity (Wildman–Crippen MR) is 88.1 cm³/mol. The van der Waals surface area contributed by atoms with Crippen molar-refractivity contribution in [1.29, 1.82) is 0 Å². The predicted octanol–water partition coefficient (Wildman–Crippen LogP) is 1.40. The minimum absolute atomic E-state index is 0.0433. The van der Waals surface area contributed by atoms with E-state index in [0.29, 0.717) is 17.7 Å². The summed E-state index contributed by atoms with van der Waals surface area (Å²) in [6.45, 7) is 5.22. The molecule has 8 nitrogen and oxygen atoms in total. The van der Waals surface area contributed by atoms with Crippen molar-refractivity contribution < 1.29 is 18.7 Å². The van der Waals surface area contributed by atoms with Crippen molar-refractivity contribution in [3.05, 3.63) is 23.8 Å². The largest absolute Gasteiger partial charge is 0.457 e. The molecular weight excluding hydrogens is 324 g/mol. The molecule has 0 N–H and O–H groups in total. The topological polar surface area (TPSA) is 82.6 Å². The minimum Gasteiger partial charge on any atom is -0.457 e. The zero-order chi connectivity index (χ0) is 17.4. The number of nitrogens with zero attached hydrogens (tertiary/aromatic N) is 4. The highest BCUT2D eigenvalue weighted by Crippen LogP contribution is 2.30. The van der Waals surface area contributed by atoms with Gasteiger partial charge in [0.05, 0.1) is 25.0 Å². The molecular formula is C17H22N4O4. The van der Waals surface area contributed by atoms with E-state index >= 15 is 0 Å². The Bertz CT molecular complexity index is 757. The number of aryl methyl sites for hydroxylation is 2. The fourth-order valence-corrected chi connectivity index (χ4v) is 3.32. The standard InChI is InChI=1S/C17H22N4O4/c1-11-15(19-16(24-11)12-9-18-20(2)10-12)17(22)25-14-7-13(8-14)21-3-5-23-6-4-21/h9-10,13-14H,3-8H2,1-2H3. The highest BCUT2D eigenvalue weighted by atomic mass is 16.5. The van der Waals surface area contributed by atoms with Crippen LogP contribution in [0.3, 0.4) is 0 Å². The first-order valence-corrected chi connectivity index (χ1v) is 8.59. The molecule has 4 rings (SSSR count). The van der Waals surface area contributed by atoms with Crippen molar-refractivity contribution in [2.24, 2.45) is 7.05 Å². The van der Waals surface area contributed by atoms with Gasteiger partial charge in [0, 0.05) is 45.2 Å². The summed E-state index contributed by atoms with van der Waals surface area (Å²) >= 11 is 0. The Hall–Kier alpha value is -2.19. The third-order valence-electron chi connectivity index (χ3n) is 4.85. The van der Waals surface area contributed by atoms with Crippen molar-refractivity contribution in [3.8, 4) is 11.5 Å². The number of esters is 1. The molecule has 1 aliphatic carbocycles. The molecule has 2 aromatic heterocycles. The van der Waals surface area contributed by atoms with Crippen molar-refractivity contribution in [3.63, 3.8) is 0 Å². The summed E-state index contributed by atoms with van der Waals surface area (Å²) in [5.74, 6) is 0.437. The zero-order valence-electron chi connectivity index (χ0n) is 14.5. The lowest BCUT2D eigenvalue weighted by Crippen LogP contribution is -2.52. The molecule has 2 fully saturated rings. The quantitative estimate of drug-likeness (QED) is 0.774. The second kappa shape index (κ2) is 6.61. The van der Waals surface area contributed by atoms with Gasteiger partial charge in [-0.1, -0.05) is 0 Å². The van der Waals surface area contributed by atoms with Crippen LogP contribution in [0.2, 0.25) is 0 Å². The van der Waals surface area contributed by atoms with Gasteiger partial charge < -0.3 is 13.9 Å². The molecule has 3 heterocycles. The van der Waals surface area contributed by atoms with Crippen molar-refractivity contribution in [2.75, 3.05) is 26.3 Å². The van der Waals surface area contributed by atoms with E-state index in [4.69, 9.17) is 13.9 Å². The van der Waals surface area contributed by atoms with Crippen molar-refractivity contribution in [2.45, 2.75) is 31.9 Å². The van der Waals surface area contributed by atoms with Gasteiger partial charge in [0.2, 0.25) is 5.89 Å². The molecule has 2 aliphatic rings. The van der Waals surface area contributed by atoms with Crippen LogP contribution in [0.4, 0.5) is 0 Å². The van der Waals surface area contributed by atoms with Gasteiger partial charge in [0.1, 0.15) is 11.9 Å². The highest BCUT2D eigenvalue weighted by molar-refractivity contribution is 5.89. The maximum absolute atomic E-state index is 12.4. The van der Waals surface area contributed by atoms with Gasteiger partial charge in [-0.05, 0) is 6.92 Å². The summed E-state index contributed by atoms with van der Waals surface area (Å²) in [7, 11) is 1.82. The van der Waals surface area contributed by atoms with E-state index in [9.17, 15) is 4.79 Å². The van der Waals surface area contributed by atoms with E-state index in [0.717, 1.165) is 44.7 Å². The van der Waals surface area contributed by atoms with E-state index < -0.39 is 5.97 Å². The molecule has 0 bridgehead atoms. The van der Waals surface area contributed by atoms with Gasteiger partial charge in [0.25, 0.3) is 0 Å². The highest BCUT2D eigenvalue weighted by Gasteiger charge is 2.37. The molecule has 1 aliphatic heterocycles. The Labute approximate surface area is 145 Å². The molecule has 1 saturated heterocycles. The molecule has 134 valence electrons. The molecule has 8 heteroatoms. The average Bonchev–Trinajstić information content (AvgIpc) is 3.17. The van der Waals surface area contributed by atoms with Crippen LogP contribution in [0.1, 0.15) is 29.1 Å². The summed E-state index contributed by atoms with van der Waals surface area (Å²) in [5.41, 5.74) is 0.981. The van der Waals surface area contributed by atoms with Crippen LogP contribution in [0.15, 0.2) is 16.8 Å². The second-order valence-electron chi connectivity index (χ2n) is 6.63. The number of carbonyl (C=O) groups excluding carboxylic acids is 1. The smallest absolute Gasteiger partial charge is 0.360 e. The second-order valence-corrected chi connectivity index (χ2v) is 6.63. The number of hydrogen-bond acceptors (Lipinski definition) is 7. The molecule has 2 aromatic rings. The number of aromatic nitrogens is 3. The Morgan fingerprint density at radius 2 is 2.08 bits per heavy atom. The van der Waals surface area contributed by atoms with E-state index in [1.807, 2.05) is 7.05 Å². The fourth-order valence-electron chi connectivity index (χ4n) is 3.32. The first-order valence-electron chi connectivity index (χ1n) is 8.59. The Morgan fingerprint density at radius 1 is 1.32 bits per heavy atom. The first kappa shape index (κ1) is 16.3. The van der Waals surface area contributed by atoms with Gasteiger partial charge in [-0.3, -0.25) is 9.58 Å². The summed E-state index contributed by atoms with van der Waals surface area (Å²) in [6, 6.07) is 0.492. The molecule has 0 radical (unpaired) electrons. The Kier molecular flexibility index (Phi) is 4.30. The molecule has 0 spiro atoms. The van der Waals surface area contributed by atoms with Crippen LogP contribution < -0.4 is 0 Å². The summed E-state index contributed by atoms with van der Waals surface area (Å²) in [6.07, 6.45) is 5.15. The zero-order valence-corrected chi connectivity index (χ0v) is 14.5. The lowest BCUT2D eigenvalue weighted by Gasteiger charge is -2.43. The number of carbonyl (C=O) groups is 1. The van der Waals surface area contributed by atoms with Gasteiger partial charge in [0.15, 0.2) is 5.69 Å². The lowest BCUT2D eigenvalue weighted by molar-refractivity contribution is -0.0568. The number of ether oxygens (including phenoxy) is 2. The minimum atomic E-state index is -0.415. The molecule has 25 heavy (non-hydrogen) atoms. The third-order valence-corrected chi connectivity index (χ3v) is 4.85. The fraction of sp³-hybridized carbons (Fsp3) is 0.588. The number of morpholine rings is 1. The van der Waals surface area contributed by atoms with Crippen molar-refractivity contribution >= 4 is 5.97 Å². The average molecular weight is 346 g/mol. The Balaban J connectivity index is 1.35. The monoisotopic (exact) mass is 346 g/mol. The van der Waals surface area contributed by atoms with E-state index in [1.165, 1.54) is 0 Å². The molecule has 0 unspecified atom stereocenters. The van der Waals surface area contributed by atoms with Crippen LogP contribution in [-0.2, 0) is 16.5 Å². The van der Waals surface area contributed by atoms with E-state index in [2.05, 4.69) is 15.0 Å². The van der Waals surface area contributed by atoms with E-state index in [-0.39, 0.29) is 11.8 Å². The van der Waals surface area contributed by atoms with Gasteiger partial charge in [-0.2, -0.15) is 5.10 Å². The van der Waals surface area contributed by atoms with Gasteiger partial charge >= 0.3 is 5.97 Å². The van der Waals surface area contributed by atoms with Crippen LogP contribution in [0, 0.1) is 6.92 Å². The van der Waals surface area contributed by atoms with Crippen molar-refractivity contribution in [1.82, 2.24) is 19.7 Å². The SMILES string of the molecule is Cc1oc(-c2cnn(C)c2)nc1C(=O)OC1CC(N2CCOCC2)C1. The van der Waals surface area contributed by atoms with Crippen LogP contribution in [0.5, 0.6) is 0 Å². The summed E-state index contributed by atoms with van der Waals surface area (Å²) in [5, 5.41) is 4.09. The molecule has 0 amide bonds. The lowest BCUT2D eigenvalue weighted by atomic mass is 9.87. The Morgan fingerprint density at radius 3 is 2.76 bits per heavy atom. The molecule has 0 aromatic carbocycles. The van der Waals surface area contributed by atoms with Crippen LogP contribution >= 0.6 is 0 Å². The maximum Gasteiger partial charge on any atom is 0.360 e. The van der Waals surface area contributed by atoms with Gasteiger partial charge in [-0.15, -0.1) is 0 Å². The van der Waals surface area contributed by atoms with Crippen LogP contribution in [0.25, 0.3) is 11.5 Å². The summed E-state index contributed by atoms with van der Waals surface area (Å²) < 4.78 is 18.2. The summed E-state index contributed by atoms with van der Waals surface area (Å²) in [4.78, 5) is 19.1. The number of rotatable bonds is 4. The molecule has 1 saturated carbocycles. The number of oxazole rings is 1. The third kappa shape index (κ3) is 3.32.